The first kappa shape index (κ1) is 15.6. The first-order valence-corrected chi connectivity index (χ1v) is 8.12. The molecule has 7 nitrogen and oxygen atoms in total. The molecule has 1 fully saturated rings. The predicted octanol–water partition coefficient (Wildman–Crippen LogP) is 1.88. The van der Waals surface area contributed by atoms with Gasteiger partial charge in [-0.25, -0.2) is 4.98 Å². The summed E-state index contributed by atoms with van der Waals surface area (Å²) in [4.78, 5) is 23.6. The van der Waals surface area contributed by atoms with Crippen LogP contribution in [0, 0.1) is 0 Å². The molecule has 25 heavy (non-hydrogen) atoms. The molecule has 1 amide bonds. The molecule has 1 aliphatic rings. The van der Waals surface area contributed by atoms with Gasteiger partial charge in [0.15, 0.2) is 0 Å². The maximum absolute atomic E-state index is 12.9. The molecule has 0 bridgehead atoms. The van der Waals surface area contributed by atoms with Gasteiger partial charge in [-0.1, -0.05) is 12.1 Å². The number of amides is 1. The van der Waals surface area contributed by atoms with E-state index in [1.165, 1.54) is 0 Å². The molecule has 0 saturated carbocycles. The van der Waals surface area contributed by atoms with Crippen molar-refractivity contribution in [2.45, 2.75) is 0 Å². The Bertz CT molecular complexity index is 916. The molecule has 0 N–H and O–H groups in total. The SMILES string of the molecule is COc1ccccc1-c1nc(C(=O)N2CCOCC2)n2ccncc12. The van der Waals surface area contributed by atoms with E-state index in [4.69, 9.17) is 9.47 Å². The largest absolute Gasteiger partial charge is 0.496 e. The molecule has 0 atom stereocenters. The van der Waals surface area contributed by atoms with Crippen molar-refractivity contribution < 1.29 is 14.3 Å². The third-order valence-electron chi connectivity index (χ3n) is 4.30. The topological polar surface area (TPSA) is 69.0 Å². The molecule has 0 unspecified atom stereocenters. The van der Waals surface area contributed by atoms with Crippen LogP contribution in [0.5, 0.6) is 5.75 Å². The van der Waals surface area contributed by atoms with Crippen molar-refractivity contribution in [3.05, 3.63) is 48.7 Å². The maximum atomic E-state index is 12.9. The first-order chi connectivity index (χ1) is 12.3. The number of carbonyl (C=O) groups excluding carboxylic acids is 1. The third-order valence-corrected chi connectivity index (χ3v) is 4.30. The zero-order valence-electron chi connectivity index (χ0n) is 13.9. The summed E-state index contributed by atoms with van der Waals surface area (Å²) >= 11 is 0. The first-order valence-electron chi connectivity index (χ1n) is 8.12. The number of benzene rings is 1. The lowest BCUT2D eigenvalue weighted by molar-refractivity contribution is 0.0294. The van der Waals surface area contributed by atoms with Crippen LogP contribution in [0.15, 0.2) is 42.9 Å². The number of methoxy groups -OCH3 is 1. The van der Waals surface area contributed by atoms with E-state index in [9.17, 15) is 4.79 Å². The minimum atomic E-state index is -0.106. The average Bonchev–Trinajstić information content (AvgIpc) is 3.07. The minimum Gasteiger partial charge on any atom is -0.496 e. The van der Waals surface area contributed by atoms with Gasteiger partial charge in [0.05, 0.1) is 32.0 Å². The number of hydrogen-bond donors (Lipinski definition) is 0. The summed E-state index contributed by atoms with van der Waals surface area (Å²) in [5.41, 5.74) is 2.28. The Labute approximate surface area is 144 Å². The normalized spacial score (nSPS) is 14.7. The van der Waals surface area contributed by atoms with Crippen LogP contribution >= 0.6 is 0 Å². The predicted molar refractivity (Wildman–Crippen MR) is 91.7 cm³/mol. The zero-order valence-corrected chi connectivity index (χ0v) is 13.9. The molecule has 0 spiro atoms. The fourth-order valence-corrected chi connectivity index (χ4v) is 3.04. The summed E-state index contributed by atoms with van der Waals surface area (Å²) in [7, 11) is 1.62. The number of hydrogen-bond acceptors (Lipinski definition) is 5. The molecular formula is C18H18N4O3. The van der Waals surface area contributed by atoms with Gasteiger partial charge < -0.3 is 14.4 Å². The van der Waals surface area contributed by atoms with E-state index in [2.05, 4.69) is 9.97 Å². The van der Waals surface area contributed by atoms with Gasteiger partial charge >= 0.3 is 0 Å². The lowest BCUT2D eigenvalue weighted by Gasteiger charge is -2.26. The van der Waals surface area contributed by atoms with Gasteiger partial charge in [0.25, 0.3) is 5.91 Å². The van der Waals surface area contributed by atoms with Gasteiger partial charge in [0.2, 0.25) is 5.82 Å². The van der Waals surface area contributed by atoms with Crippen LogP contribution < -0.4 is 4.74 Å². The van der Waals surface area contributed by atoms with Gasteiger partial charge in [-0.2, -0.15) is 0 Å². The summed E-state index contributed by atoms with van der Waals surface area (Å²) in [6.45, 7) is 2.25. The third kappa shape index (κ3) is 2.72. The second kappa shape index (κ2) is 6.52. The molecule has 1 saturated heterocycles. The Hall–Kier alpha value is -2.93. The van der Waals surface area contributed by atoms with Crippen LogP contribution in [0.1, 0.15) is 10.6 Å². The summed E-state index contributed by atoms with van der Waals surface area (Å²) < 4.78 is 12.6. The maximum Gasteiger partial charge on any atom is 0.290 e. The van der Waals surface area contributed by atoms with Crippen LogP contribution in [0.25, 0.3) is 16.8 Å². The summed E-state index contributed by atoms with van der Waals surface area (Å²) in [5, 5.41) is 0. The van der Waals surface area contributed by atoms with Crippen LogP contribution in [-0.4, -0.2) is 58.6 Å². The molecule has 0 radical (unpaired) electrons. The van der Waals surface area contributed by atoms with E-state index in [0.29, 0.717) is 43.6 Å². The number of aromatic nitrogens is 3. The number of carbonyl (C=O) groups is 1. The highest BCUT2D eigenvalue weighted by Gasteiger charge is 2.25. The highest BCUT2D eigenvalue weighted by molar-refractivity contribution is 5.95. The van der Waals surface area contributed by atoms with Crippen molar-refractivity contribution in [3.63, 3.8) is 0 Å². The molecule has 128 valence electrons. The molecule has 1 aromatic carbocycles. The molecule has 4 rings (SSSR count). The van der Waals surface area contributed by atoms with Gasteiger partial charge in [0, 0.05) is 31.0 Å². The number of morpholine rings is 1. The van der Waals surface area contributed by atoms with Gasteiger partial charge in [-0.15, -0.1) is 0 Å². The van der Waals surface area contributed by atoms with E-state index in [1.807, 2.05) is 24.3 Å². The summed E-state index contributed by atoms with van der Waals surface area (Å²) in [6, 6.07) is 7.62. The van der Waals surface area contributed by atoms with Crippen molar-refractivity contribution in [3.8, 4) is 17.0 Å². The number of nitrogens with zero attached hydrogens (tertiary/aromatic N) is 4. The monoisotopic (exact) mass is 338 g/mol. The van der Waals surface area contributed by atoms with Crippen LogP contribution in [0.4, 0.5) is 0 Å². The minimum absolute atomic E-state index is 0.106. The number of imidazole rings is 1. The van der Waals surface area contributed by atoms with E-state index < -0.39 is 0 Å². The zero-order chi connectivity index (χ0) is 17.2. The van der Waals surface area contributed by atoms with E-state index in [0.717, 1.165) is 11.1 Å². The molecule has 0 aliphatic carbocycles. The van der Waals surface area contributed by atoms with Crippen molar-refractivity contribution in [2.75, 3.05) is 33.4 Å². The van der Waals surface area contributed by atoms with Gasteiger partial charge in [-0.3, -0.25) is 14.2 Å². The Balaban J connectivity index is 1.85. The molecule has 1 aliphatic heterocycles. The van der Waals surface area contributed by atoms with Crippen LogP contribution in [0.2, 0.25) is 0 Å². The smallest absolute Gasteiger partial charge is 0.290 e. The lowest BCUT2D eigenvalue weighted by Crippen LogP contribution is -2.41. The van der Waals surface area contributed by atoms with E-state index in [1.54, 1.807) is 35.0 Å². The second-order valence-corrected chi connectivity index (χ2v) is 5.72. The van der Waals surface area contributed by atoms with Crippen LogP contribution in [-0.2, 0) is 4.74 Å². The number of rotatable bonds is 3. The second-order valence-electron chi connectivity index (χ2n) is 5.72. The Morgan fingerprint density at radius 1 is 1.24 bits per heavy atom. The van der Waals surface area contributed by atoms with Gasteiger partial charge in [0.1, 0.15) is 11.4 Å². The highest BCUT2D eigenvalue weighted by atomic mass is 16.5. The van der Waals surface area contributed by atoms with E-state index in [-0.39, 0.29) is 5.91 Å². The fraction of sp³-hybridized carbons (Fsp3) is 0.278. The molecule has 7 heteroatoms. The Morgan fingerprint density at radius 3 is 2.84 bits per heavy atom. The quantitative estimate of drug-likeness (QED) is 0.729. The average molecular weight is 338 g/mol. The number of para-hydroxylation sites is 1. The van der Waals surface area contributed by atoms with E-state index >= 15 is 0 Å². The summed E-state index contributed by atoms with van der Waals surface area (Å²) in [5.74, 6) is 0.975. The van der Waals surface area contributed by atoms with Crippen molar-refractivity contribution in [2.24, 2.45) is 0 Å². The van der Waals surface area contributed by atoms with Crippen LogP contribution in [0.3, 0.4) is 0 Å². The molecule has 2 aromatic heterocycles. The van der Waals surface area contributed by atoms with Crippen molar-refractivity contribution in [1.82, 2.24) is 19.3 Å². The molecule has 3 heterocycles. The number of fused-ring (bicyclic) bond motifs is 1. The summed E-state index contributed by atoms with van der Waals surface area (Å²) in [6.07, 6.45) is 5.12. The van der Waals surface area contributed by atoms with Gasteiger partial charge in [-0.05, 0) is 12.1 Å². The van der Waals surface area contributed by atoms with Crippen molar-refractivity contribution in [1.29, 1.82) is 0 Å². The fourth-order valence-electron chi connectivity index (χ4n) is 3.04. The number of ether oxygens (including phenoxy) is 2. The standard InChI is InChI=1S/C18H18N4O3/c1-24-15-5-3-2-4-13(15)16-14-12-19-6-7-22(14)17(20-16)18(23)21-8-10-25-11-9-21/h2-7,12H,8-11H2,1H3. The Morgan fingerprint density at radius 2 is 2.04 bits per heavy atom. The molecule has 3 aromatic rings. The highest BCUT2D eigenvalue weighted by Crippen LogP contribution is 2.32. The van der Waals surface area contributed by atoms with Crippen molar-refractivity contribution >= 4 is 11.4 Å². The Kier molecular flexibility index (Phi) is 4.07. The lowest BCUT2D eigenvalue weighted by atomic mass is 10.1. The molecular weight excluding hydrogens is 320 g/mol.